The summed E-state index contributed by atoms with van der Waals surface area (Å²) in [6.45, 7) is 5.34. The van der Waals surface area contributed by atoms with Crippen LogP contribution in [0.5, 0.6) is 0 Å². The van der Waals surface area contributed by atoms with E-state index >= 15 is 0 Å². The first kappa shape index (κ1) is 28.7. The Balaban J connectivity index is 1.49. The van der Waals surface area contributed by atoms with Crippen molar-refractivity contribution in [1.29, 1.82) is 0 Å². The van der Waals surface area contributed by atoms with Crippen LogP contribution < -0.4 is 4.90 Å². The van der Waals surface area contributed by atoms with E-state index in [0.717, 1.165) is 30.5 Å². The molecule has 0 aliphatic carbocycles. The van der Waals surface area contributed by atoms with Crippen molar-refractivity contribution in [1.82, 2.24) is 9.80 Å². The summed E-state index contributed by atoms with van der Waals surface area (Å²) in [5.74, 6) is -1.89. The Labute approximate surface area is 252 Å². The molecule has 0 radical (unpaired) electrons. The lowest BCUT2D eigenvalue weighted by atomic mass is 9.74. The van der Waals surface area contributed by atoms with Gasteiger partial charge in [-0.1, -0.05) is 92.6 Å². The third-order valence-corrected chi connectivity index (χ3v) is 11.2. The number of aliphatic hydroxyl groups is 1. The zero-order valence-electron chi connectivity index (χ0n) is 24.3. The molecular formula is C34H39N3O4S. The summed E-state index contributed by atoms with van der Waals surface area (Å²) in [6.07, 6.45) is 11.1. The molecule has 0 bridgehead atoms. The zero-order valence-corrected chi connectivity index (χ0v) is 25.1. The molecule has 1 spiro atoms. The number of carbonyl (C=O) groups excluding carboxylic acids is 3. The van der Waals surface area contributed by atoms with Gasteiger partial charge in [-0.3, -0.25) is 14.4 Å². The van der Waals surface area contributed by atoms with Crippen molar-refractivity contribution in [3.8, 4) is 0 Å². The molecule has 4 aliphatic heterocycles. The molecule has 2 aromatic carbocycles. The van der Waals surface area contributed by atoms with Crippen LogP contribution in [0.25, 0.3) is 0 Å². The normalized spacial score (nSPS) is 31.1. The van der Waals surface area contributed by atoms with Gasteiger partial charge in [0.1, 0.15) is 6.04 Å². The fourth-order valence-corrected chi connectivity index (χ4v) is 9.61. The van der Waals surface area contributed by atoms with E-state index in [2.05, 4.69) is 19.1 Å². The van der Waals surface area contributed by atoms with Crippen LogP contribution in [0.1, 0.15) is 44.7 Å². The van der Waals surface area contributed by atoms with Crippen molar-refractivity contribution in [2.45, 2.75) is 54.7 Å². The van der Waals surface area contributed by atoms with Crippen LogP contribution in [-0.2, 0) is 14.4 Å². The summed E-state index contributed by atoms with van der Waals surface area (Å²) in [5, 5.41) is 10.7. The van der Waals surface area contributed by atoms with Crippen molar-refractivity contribution in [3.05, 3.63) is 90.5 Å². The molecule has 2 saturated heterocycles. The highest BCUT2D eigenvalue weighted by Crippen LogP contribution is 2.66. The van der Waals surface area contributed by atoms with Gasteiger partial charge < -0.3 is 19.8 Å². The van der Waals surface area contributed by atoms with Gasteiger partial charge in [0.05, 0.1) is 29.2 Å². The second-order valence-electron chi connectivity index (χ2n) is 11.9. The molecule has 3 amide bonds. The van der Waals surface area contributed by atoms with E-state index in [1.807, 2.05) is 84.6 Å². The number of rotatable bonds is 8. The molecule has 0 saturated carbocycles. The molecule has 4 heterocycles. The molecule has 8 heteroatoms. The van der Waals surface area contributed by atoms with Gasteiger partial charge in [-0.15, -0.1) is 11.8 Å². The Morgan fingerprint density at radius 2 is 1.57 bits per heavy atom. The van der Waals surface area contributed by atoms with Crippen LogP contribution in [0.15, 0.2) is 85.0 Å². The summed E-state index contributed by atoms with van der Waals surface area (Å²) < 4.78 is -1.64. The number of hydrogen-bond donors (Lipinski definition) is 1. The molecule has 0 aromatic heterocycles. The highest BCUT2D eigenvalue weighted by atomic mass is 32.2. The van der Waals surface area contributed by atoms with Gasteiger partial charge in [0.25, 0.3) is 0 Å². The molecule has 42 heavy (non-hydrogen) atoms. The zero-order chi connectivity index (χ0) is 29.5. The van der Waals surface area contributed by atoms with Gasteiger partial charge >= 0.3 is 0 Å². The minimum atomic E-state index is -0.949. The lowest BCUT2D eigenvalue weighted by Gasteiger charge is -2.40. The van der Waals surface area contributed by atoms with Crippen molar-refractivity contribution in [2.75, 3.05) is 31.1 Å². The molecule has 1 N–H and O–H groups in total. The van der Waals surface area contributed by atoms with Crippen LogP contribution in [0.2, 0.25) is 0 Å². The first-order valence-electron chi connectivity index (χ1n) is 15.0. The van der Waals surface area contributed by atoms with E-state index in [4.69, 9.17) is 0 Å². The lowest BCUT2D eigenvalue weighted by Crippen LogP contribution is -2.54. The predicted molar refractivity (Wildman–Crippen MR) is 166 cm³/mol. The summed E-state index contributed by atoms with van der Waals surface area (Å²) >= 11 is 1.58. The maximum atomic E-state index is 14.8. The molecule has 1 unspecified atom stereocenters. The van der Waals surface area contributed by atoms with Crippen LogP contribution in [0, 0.1) is 11.8 Å². The fourth-order valence-electron chi connectivity index (χ4n) is 7.47. The average Bonchev–Trinajstić information content (AvgIpc) is 3.27. The predicted octanol–water partition coefficient (Wildman–Crippen LogP) is 4.60. The number of fused-ring (bicyclic) bond motifs is 2. The number of likely N-dealkylation sites (tertiary alicyclic amines) is 1. The van der Waals surface area contributed by atoms with Crippen LogP contribution >= 0.6 is 11.8 Å². The molecule has 4 aliphatic rings. The Hall–Kier alpha value is -3.36. The average molecular weight is 586 g/mol. The Morgan fingerprint density at radius 3 is 2.26 bits per heavy atom. The number of carbonyl (C=O) groups is 3. The number of para-hydroxylation sites is 1. The Morgan fingerprint density at radius 1 is 0.881 bits per heavy atom. The number of amides is 3. The molecule has 220 valence electrons. The third-order valence-electron chi connectivity index (χ3n) is 9.37. The number of nitrogens with zero attached hydrogens (tertiary/aromatic N) is 3. The molecule has 6 rings (SSSR count). The van der Waals surface area contributed by atoms with E-state index < -0.39 is 33.4 Å². The van der Waals surface area contributed by atoms with Crippen LogP contribution in [-0.4, -0.2) is 74.4 Å². The summed E-state index contributed by atoms with van der Waals surface area (Å²) in [6, 6.07) is 17.5. The van der Waals surface area contributed by atoms with Gasteiger partial charge in [-0.25, -0.2) is 0 Å². The highest BCUT2D eigenvalue weighted by Gasteiger charge is 2.74. The number of benzene rings is 2. The maximum absolute atomic E-state index is 14.8. The quantitative estimate of drug-likeness (QED) is 0.362. The third kappa shape index (κ3) is 4.51. The summed E-state index contributed by atoms with van der Waals surface area (Å²) in [4.78, 5) is 49.2. The number of unbranched alkanes of at least 4 members (excludes halogenated alkanes) is 2. The minimum Gasteiger partial charge on any atom is -0.394 e. The molecular weight excluding hydrogens is 546 g/mol. The second-order valence-corrected chi connectivity index (χ2v) is 13.7. The van der Waals surface area contributed by atoms with Crippen molar-refractivity contribution < 1.29 is 19.5 Å². The van der Waals surface area contributed by atoms with E-state index in [9.17, 15) is 19.5 Å². The first-order valence-corrected chi connectivity index (χ1v) is 15.9. The van der Waals surface area contributed by atoms with Gasteiger partial charge in [-0.2, -0.15) is 0 Å². The molecule has 6 atom stereocenters. The Kier molecular flexibility index (Phi) is 7.79. The topological polar surface area (TPSA) is 81.2 Å². The van der Waals surface area contributed by atoms with Crippen LogP contribution in [0.3, 0.4) is 0 Å². The molecule has 2 fully saturated rings. The largest absolute Gasteiger partial charge is 0.394 e. The van der Waals surface area contributed by atoms with Crippen molar-refractivity contribution in [2.24, 2.45) is 11.8 Å². The van der Waals surface area contributed by atoms with Crippen molar-refractivity contribution >= 4 is 35.2 Å². The number of aliphatic hydroxyl groups excluding tert-OH is 1. The van der Waals surface area contributed by atoms with Gasteiger partial charge in [0.2, 0.25) is 17.7 Å². The van der Waals surface area contributed by atoms with Gasteiger partial charge in [-0.05, 0) is 31.0 Å². The Bertz CT molecular complexity index is 1400. The lowest BCUT2D eigenvalue weighted by molar-refractivity contribution is -0.146. The van der Waals surface area contributed by atoms with E-state index in [1.54, 1.807) is 21.6 Å². The first-order chi connectivity index (χ1) is 20.4. The van der Waals surface area contributed by atoms with E-state index in [1.165, 1.54) is 0 Å². The minimum absolute atomic E-state index is 0.106. The standard InChI is InChI=1S/C34H39N3O4S/c1-3-4-11-20-35-21-13-19-34-28(31(40)37(29(34)32(35)41)26(23-38)24-14-7-5-8-15-24)27-30(39)36(25-16-9-6-10-17-25)22-12-18-33(27,2)42-34/h5-10,12-19,26-29,38H,3-4,11,20-23H2,1-2H3/t26-,27-,28+,29?,33+,34+/m1/s1. The molecule has 7 nitrogen and oxygen atoms in total. The monoisotopic (exact) mass is 585 g/mol. The summed E-state index contributed by atoms with van der Waals surface area (Å²) in [5.41, 5.74) is 1.56. The molecule has 2 aromatic rings. The fraction of sp³-hybridized carbons (Fsp3) is 0.441. The number of thioether (sulfide) groups is 1. The van der Waals surface area contributed by atoms with Crippen LogP contribution in [0.4, 0.5) is 5.69 Å². The SMILES string of the molecule is CCCCCN1CC=C[C@]23S[C@@]4(C)C=CCN(c5ccccc5)C(=O)[C@H]4[C@H]2C(=O)N([C@H](CO)c2ccccc2)C3C1=O. The van der Waals surface area contributed by atoms with E-state index in [0.29, 0.717) is 19.6 Å². The number of anilines is 1. The highest BCUT2D eigenvalue weighted by molar-refractivity contribution is 8.02. The maximum Gasteiger partial charge on any atom is 0.247 e. The number of hydrogen-bond acceptors (Lipinski definition) is 5. The summed E-state index contributed by atoms with van der Waals surface area (Å²) in [7, 11) is 0. The van der Waals surface area contributed by atoms with Crippen molar-refractivity contribution in [3.63, 3.8) is 0 Å². The van der Waals surface area contributed by atoms with Gasteiger partial charge in [0, 0.05) is 30.1 Å². The van der Waals surface area contributed by atoms with E-state index in [-0.39, 0.29) is 24.3 Å². The van der Waals surface area contributed by atoms with Gasteiger partial charge in [0.15, 0.2) is 0 Å². The smallest absolute Gasteiger partial charge is 0.247 e. The second kappa shape index (κ2) is 11.4.